The van der Waals surface area contributed by atoms with Crippen molar-refractivity contribution < 1.29 is 14.4 Å². The number of amides is 3. The third-order valence-corrected chi connectivity index (χ3v) is 8.81. The molecule has 7 rings (SSSR count). The van der Waals surface area contributed by atoms with Crippen LogP contribution in [0.1, 0.15) is 70.4 Å². The molecule has 0 radical (unpaired) electrons. The summed E-state index contributed by atoms with van der Waals surface area (Å²) in [6.45, 7) is 4.64. The molecule has 3 amide bonds. The molecule has 1 heterocycles. The van der Waals surface area contributed by atoms with E-state index in [9.17, 15) is 14.4 Å². The van der Waals surface area contributed by atoms with Crippen molar-refractivity contribution in [3.63, 3.8) is 0 Å². The first-order valence-electron chi connectivity index (χ1n) is 12.7. The summed E-state index contributed by atoms with van der Waals surface area (Å²) >= 11 is 0. The van der Waals surface area contributed by atoms with Crippen molar-refractivity contribution in [3.05, 3.63) is 64.7 Å². The fraction of sp³-hybridized carbons (Fsp3) is 0.483. The van der Waals surface area contributed by atoms with Crippen molar-refractivity contribution in [2.24, 2.45) is 23.2 Å². The molecule has 0 unspecified atom stereocenters. The number of hydrogen-bond acceptors (Lipinski definition) is 3. The van der Waals surface area contributed by atoms with Gasteiger partial charge in [0.05, 0.1) is 16.5 Å². The van der Waals surface area contributed by atoms with Crippen molar-refractivity contribution in [1.29, 1.82) is 0 Å². The highest BCUT2D eigenvalue weighted by Gasteiger charge is 2.56. The topological polar surface area (TPSA) is 57.7 Å². The first-order chi connectivity index (χ1) is 16.3. The van der Waals surface area contributed by atoms with E-state index in [-0.39, 0.29) is 29.7 Å². The molecule has 0 saturated heterocycles. The molecule has 0 N–H and O–H groups in total. The van der Waals surface area contributed by atoms with E-state index in [1.165, 1.54) is 24.2 Å². The van der Waals surface area contributed by atoms with E-state index in [0.717, 1.165) is 36.1 Å². The van der Waals surface area contributed by atoms with Crippen LogP contribution in [0.3, 0.4) is 0 Å². The Morgan fingerprint density at radius 1 is 0.912 bits per heavy atom. The van der Waals surface area contributed by atoms with Crippen molar-refractivity contribution in [1.82, 2.24) is 4.90 Å². The quantitative estimate of drug-likeness (QED) is 0.585. The number of aryl methyl sites for hydroxylation is 2. The Hall–Kier alpha value is -2.95. The first-order valence-corrected chi connectivity index (χ1v) is 12.7. The molecule has 2 aromatic carbocycles. The molecule has 5 nitrogen and oxygen atoms in total. The summed E-state index contributed by atoms with van der Waals surface area (Å²) in [5.41, 5.74) is 3.75. The van der Waals surface area contributed by atoms with Gasteiger partial charge in [0.15, 0.2) is 0 Å². The van der Waals surface area contributed by atoms with Crippen LogP contribution in [0.4, 0.5) is 5.69 Å². The second-order valence-electron chi connectivity index (χ2n) is 11.3. The second kappa shape index (κ2) is 7.79. The summed E-state index contributed by atoms with van der Waals surface area (Å²) in [6, 6.07) is 13.2. The number of benzene rings is 2. The van der Waals surface area contributed by atoms with Gasteiger partial charge in [0, 0.05) is 18.8 Å². The molecule has 1 aliphatic heterocycles. The lowest BCUT2D eigenvalue weighted by Gasteiger charge is -2.56. The van der Waals surface area contributed by atoms with E-state index in [1.807, 2.05) is 24.0 Å². The van der Waals surface area contributed by atoms with Crippen LogP contribution in [-0.2, 0) is 4.79 Å². The molecule has 0 aromatic heterocycles. The van der Waals surface area contributed by atoms with E-state index in [1.54, 1.807) is 24.3 Å². The standard InChI is InChI=1S/C29H32N2O3/c1-18-7-8-25(19(2)11-18)30(9-10-31-26(32)23-5-3-4-6-24(23)27(31)33)28(34)29-15-20-12-21(16-29)14-22(13-20)17-29/h3-8,11,20-22H,9-10,12-17H2,1-2H3. The summed E-state index contributed by atoms with van der Waals surface area (Å²) < 4.78 is 0. The van der Waals surface area contributed by atoms with E-state index in [0.29, 0.717) is 35.4 Å². The van der Waals surface area contributed by atoms with E-state index in [2.05, 4.69) is 13.0 Å². The summed E-state index contributed by atoms with van der Waals surface area (Å²) in [4.78, 5) is 43.5. The first kappa shape index (κ1) is 21.6. The molecule has 4 saturated carbocycles. The Kier molecular flexibility index (Phi) is 4.94. The zero-order chi connectivity index (χ0) is 23.6. The Bertz CT molecular complexity index is 1130. The molecule has 4 aliphatic carbocycles. The van der Waals surface area contributed by atoms with Crippen LogP contribution in [0.2, 0.25) is 0 Å². The average Bonchev–Trinajstić information content (AvgIpc) is 3.04. The van der Waals surface area contributed by atoms with Crippen molar-refractivity contribution in [2.45, 2.75) is 52.4 Å². The highest BCUT2D eigenvalue weighted by Crippen LogP contribution is 2.60. The molecule has 4 fully saturated rings. The zero-order valence-electron chi connectivity index (χ0n) is 20.0. The van der Waals surface area contributed by atoms with Gasteiger partial charge in [0.1, 0.15) is 0 Å². The molecule has 5 heteroatoms. The van der Waals surface area contributed by atoms with E-state index < -0.39 is 0 Å². The van der Waals surface area contributed by atoms with Crippen LogP contribution in [-0.4, -0.2) is 35.7 Å². The highest BCUT2D eigenvalue weighted by molar-refractivity contribution is 6.21. The van der Waals surface area contributed by atoms with Gasteiger partial charge in [-0.1, -0.05) is 29.8 Å². The SMILES string of the molecule is Cc1ccc(N(CCN2C(=O)c3ccccc3C2=O)C(=O)C23CC4CC(CC(C4)C2)C3)c(C)c1. The number of hydrogen-bond donors (Lipinski definition) is 0. The number of carbonyl (C=O) groups is 3. The maximum absolute atomic E-state index is 14.4. The van der Waals surface area contributed by atoms with Gasteiger partial charge in [0.25, 0.3) is 11.8 Å². The van der Waals surface area contributed by atoms with Crippen molar-refractivity contribution in [3.8, 4) is 0 Å². The molecule has 4 bridgehead atoms. The molecule has 34 heavy (non-hydrogen) atoms. The van der Waals surface area contributed by atoms with Gasteiger partial charge in [-0.05, 0) is 93.9 Å². The molecular weight excluding hydrogens is 424 g/mol. The van der Waals surface area contributed by atoms with Gasteiger partial charge >= 0.3 is 0 Å². The summed E-state index contributed by atoms with van der Waals surface area (Å²) in [6.07, 6.45) is 6.83. The molecular formula is C29H32N2O3. The predicted molar refractivity (Wildman–Crippen MR) is 131 cm³/mol. The van der Waals surface area contributed by atoms with Gasteiger partial charge in [0.2, 0.25) is 5.91 Å². The minimum atomic E-state index is -0.284. The van der Waals surface area contributed by atoms with E-state index in [4.69, 9.17) is 0 Å². The van der Waals surface area contributed by atoms with Gasteiger partial charge in [-0.15, -0.1) is 0 Å². The summed E-state index contributed by atoms with van der Waals surface area (Å²) in [5.74, 6) is 1.70. The van der Waals surface area contributed by atoms with Gasteiger partial charge in [-0.3, -0.25) is 19.3 Å². The van der Waals surface area contributed by atoms with Gasteiger partial charge in [-0.25, -0.2) is 0 Å². The smallest absolute Gasteiger partial charge is 0.261 e. The van der Waals surface area contributed by atoms with Crippen molar-refractivity contribution in [2.75, 3.05) is 18.0 Å². The maximum Gasteiger partial charge on any atom is 0.261 e. The lowest BCUT2D eigenvalue weighted by Crippen LogP contribution is -2.56. The maximum atomic E-state index is 14.4. The Balaban J connectivity index is 1.31. The number of fused-ring (bicyclic) bond motifs is 1. The van der Waals surface area contributed by atoms with Crippen molar-refractivity contribution >= 4 is 23.4 Å². The minimum absolute atomic E-state index is 0.204. The molecule has 0 spiro atoms. The van der Waals surface area contributed by atoms with E-state index >= 15 is 0 Å². The highest BCUT2D eigenvalue weighted by atomic mass is 16.2. The number of nitrogens with zero attached hydrogens (tertiary/aromatic N) is 2. The Morgan fingerprint density at radius 2 is 1.47 bits per heavy atom. The van der Waals surface area contributed by atoms with Crippen LogP contribution in [0, 0.1) is 37.0 Å². The molecule has 176 valence electrons. The number of anilines is 1. The Labute approximate surface area is 201 Å². The monoisotopic (exact) mass is 456 g/mol. The molecule has 5 aliphatic rings. The zero-order valence-corrected chi connectivity index (χ0v) is 20.0. The minimum Gasteiger partial charge on any atom is -0.310 e. The van der Waals surface area contributed by atoms with Crippen LogP contribution >= 0.6 is 0 Å². The number of imide groups is 1. The molecule has 2 aromatic rings. The average molecular weight is 457 g/mol. The summed E-state index contributed by atoms with van der Waals surface area (Å²) in [7, 11) is 0. The third-order valence-electron chi connectivity index (χ3n) is 8.81. The number of carbonyl (C=O) groups excluding carboxylic acids is 3. The fourth-order valence-corrected chi connectivity index (χ4v) is 7.74. The fourth-order valence-electron chi connectivity index (χ4n) is 7.74. The van der Waals surface area contributed by atoms with Crippen LogP contribution in [0.5, 0.6) is 0 Å². The molecule has 0 atom stereocenters. The van der Waals surface area contributed by atoms with Crippen LogP contribution in [0.25, 0.3) is 0 Å². The lowest BCUT2D eigenvalue weighted by molar-refractivity contribution is -0.143. The largest absolute Gasteiger partial charge is 0.310 e. The lowest BCUT2D eigenvalue weighted by atomic mass is 9.49. The predicted octanol–water partition coefficient (Wildman–Crippen LogP) is 5.15. The second-order valence-corrected chi connectivity index (χ2v) is 11.3. The summed E-state index contributed by atoms with van der Waals surface area (Å²) in [5, 5.41) is 0. The van der Waals surface area contributed by atoms with Gasteiger partial charge < -0.3 is 4.90 Å². The third kappa shape index (κ3) is 3.31. The van der Waals surface area contributed by atoms with Gasteiger partial charge in [-0.2, -0.15) is 0 Å². The van der Waals surface area contributed by atoms with Crippen LogP contribution in [0.15, 0.2) is 42.5 Å². The normalized spacial score (nSPS) is 29.0. The number of rotatable bonds is 5. The Morgan fingerprint density at radius 3 is 2.00 bits per heavy atom. The van der Waals surface area contributed by atoms with Crippen LogP contribution < -0.4 is 4.90 Å².